The Morgan fingerprint density at radius 3 is 1.55 bits per heavy atom. The molecule has 0 spiro atoms. The SMILES string of the molecule is CCCCC[SiH2]CCCCC. The molecule has 68 valence electrons. The Labute approximate surface area is 74.6 Å². The minimum atomic E-state index is 0.371. The predicted molar refractivity (Wildman–Crippen MR) is 57.2 cm³/mol. The van der Waals surface area contributed by atoms with Gasteiger partial charge in [-0.1, -0.05) is 64.5 Å². The molecule has 0 aliphatic heterocycles. The summed E-state index contributed by atoms with van der Waals surface area (Å²) >= 11 is 0. The zero-order valence-electron chi connectivity index (χ0n) is 8.36. The van der Waals surface area contributed by atoms with Crippen molar-refractivity contribution in [1.29, 1.82) is 0 Å². The van der Waals surface area contributed by atoms with Gasteiger partial charge in [0, 0.05) is 9.52 Å². The fourth-order valence-corrected chi connectivity index (χ4v) is 3.15. The summed E-state index contributed by atoms with van der Waals surface area (Å²) in [6.07, 6.45) is 8.78. The molecule has 1 heteroatoms. The molecule has 0 N–H and O–H groups in total. The lowest BCUT2D eigenvalue weighted by Gasteiger charge is -1.98. The van der Waals surface area contributed by atoms with Crippen LogP contribution in [-0.2, 0) is 0 Å². The Balaban J connectivity index is 2.69. The Morgan fingerprint density at radius 2 is 1.18 bits per heavy atom. The first kappa shape index (κ1) is 11.2. The van der Waals surface area contributed by atoms with Gasteiger partial charge in [-0.3, -0.25) is 0 Å². The average molecular weight is 172 g/mol. The Bertz CT molecular complexity index is 53.9. The average Bonchev–Trinajstić information content (AvgIpc) is 2.03. The maximum atomic E-state index is 2.29. The number of rotatable bonds is 8. The molecule has 0 aromatic rings. The van der Waals surface area contributed by atoms with E-state index in [1.54, 1.807) is 12.1 Å². The lowest BCUT2D eigenvalue weighted by atomic mass is 10.3. The van der Waals surface area contributed by atoms with Gasteiger partial charge in [-0.25, -0.2) is 0 Å². The summed E-state index contributed by atoms with van der Waals surface area (Å²) in [6, 6.07) is 3.22. The van der Waals surface area contributed by atoms with Crippen LogP contribution in [0.1, 0.15) is 52.4 Å². The number of hydrogen-bond acceptors (Lipinski definition) is 0. The minimum Gasteiger partial charge on any atom is -0.0654 e. The van der Waals surface area contributed by atoms with Crippen molar-refractivity contribution in [3.05, 3.63) is 0 Å². The van der Waals surface area contributed by atoms with Gasteiger partial charge >= 0.3 is 0 Å². The van der Waals surface area contributed by atoms with Crippen molar-refractivity contribution < 1.29 is 0 Å². The summed E-state index contributed by atoms with van der Waals surface area (Å²) in [7, 11) is 0.371. The van der Waals surface area contributed by atoms with Crippen LogP contribution >= 0.6 is 0 Å². The van der Waals surface area contributed by atoms with Crippen molar-refractivity contribution >= 4 is 9.52 Å². The predicted octanol–water partition coefficient (Wildman–Crippen LogP) is 3.37. The van der Waals surface area contributed by atoms with Crippen LogP contribution in [0.25, 0.3) is 0 Å². The summed E-state index contributed by atoms with van der Waals surface area (Å²) < 4.78 is 0. The third-order valence-electron chi connectivity index (χ3n) is 2.21. The van der Waals surface area contributed by atoms with E-state index in [2.05, 4.69) is 13.8 Å². The van der Waals surface area contributed by atoms with E-state index in [0.717, 1.165) is 0 Å². The highest BCUT2D eigenvalue weighted by atomic mass is 28.2. The maximum absolute atomic E-state index is 2.29. The molecule has 0 aliphatic carbocycles. The molecule has 0 saturated carbocycles. The van der Waals surface area contributed by atoms with Gasteiger partial charge in [0.15, 0.2) is 0 Å². The van der Waals surface area contributed by atoms with Gasteiger partial charge in [0.05, 0.1) is 0 Å². The highest BCUT2D eigenvalue weighted by molar-refractivity contribution is 6.35. The third-order valence-corrected chi connectivity index (χ3v) is 4.21. The minimum absolute atomic E-state index is 0.371. The summed E-state index contributed by atoms with van der Waals surface area (Å²) in [4.78, 5) is 0. The Morgan fingerprint density at radius 1 is 0.727 bits per heavy atom. The van der Waals surface area contributed by atoms with Gasteiger partial charge in [-0.2, -0.15) is 0 Å². The zero-order chi connectivity index (χ0) is 8.36. The van der Waals surface area contributed by atoms with Gasteiger partial charge in [-0.15, -0.1) is 0 Å². The molecule has 0 bridgehead atoms. The molecule has 0 unspecified atom stereocenters. The van der Waals surface area contributed by atoms with Crippen LogP contribution < -0.4 is 0 Å². The van der Waals surface area contributed by atoms with Crippen LogP contribution in [0.15, 0.2) is 0 Å². The summed E-state index contributed by atoms with van der Waals surface area (Å²) in [5.41, 5.74) is 0. The van der Waals surface area contributed by atoms with Crippen molar-refractivity contribution in [3.8, 4) is 0 Å². The molecule has 0 atom stereocenters. The van der Waals surface area contributed by atoms with Gasteiger partial charge in [-0.05, 0) is 0 Å². The topological polar surface area (TPSA) is 0 Å². The molecule has 0 radical (unpaired) electrons. The molecule has 0 aromatic carbocycles. The van der Waals surface area contributed by atoms with E-state index >= 15 is 0 Å². The highest BCUT2D eigenvalue weighted by Gasteiger charge is 1.89. The number of hydrogen-bond donors (Lipinski definition) is 0. The molecule has 11 heavy (non-hydrogen) atoms. The summed E-state index contributed by atoms with van der Waals surface area (Å²) in [5, 5.41) is 0. The van der Waals surface area contributed by atoms with E-state index < -0.39 is 0 Å². The Hall–Kier alpha value is 0.217. The number of unbranched alkanes of at least 4 members (excludes halogenated alkanes) is 4. The Kier molecular flexibility index (Phi) is 10.4. The molecule has 0 fully saturated rings. The fraction of sp³-hybridized carbons (Fsp3) is 1.00. The van der Waals surface area contributed by atoms with E-state index in [9.17, 15) is 0 Å². The van der Waals surface area contributed by atoms with Crippen LogP contribution in [0, 0.1) is 0 Å². The fourth-order valence-electron chi connectivity index (χ4n) is 1.38. The first-order valence-electron chi connectivity index (χ1n) is 5.41. The molecule has 0 rings (SSSR count). The molecule has 0 heterocycles. The normalized spacial score (nSPS) is 10.4. The van der Waals surface area contributed by atoms with Crippen LogP contribution in [0.4, 0.5) is 0 Å². The van der Waals surface area contributed by atoms with Crippen LogP contribution in [0.3, 0.4) is 0 Å². The molecular weight excluding hydrogens is 148 g/mol. The van der Waals surface area contributed by atoms with Crippen molar-refractivity contribution in [2.24, 2.45) is 0 Å². The molecule has 0 nitrogen and oxygen atoms in total. The van der Waals surface area contributed by atoms with E-state index in [-0.39, 0.29) is 0 Å². The van der Waals surface area contributed by atoms with Gasteiger partial charge in [0.25, 0.3) is 0 Å². The van der Waals surface area contributed by atoms with Crippen molar-refractivity contribution in [2.45, 2.75) is 64.5 Å². The second kappa shape index (κ2) is 10.2. The van der Waals surface area contributed by atoms with Gasteiger partial charge in [0.1, 0.15) is 0 Å². The molecule has 0 amide bonds. The van der Waals surface area contributed by atoms with Crippen molar-refractivity contribution in [2.75, 3.05) is 0 Å². The molecule has 0 saturated heterocycles. The molecule has 0 aromatic heterocycles. The van der Waals surface area contributed by atoms with E-state index in [1.807, 2.05) is 0 Å². The van der Waals surface area contributed by atoms with Crippen LogP contribution in [0.5, 0.6) is 0 Å². The first-order valence-corrected chi connectivity index (χ1v) is 7.41. The summed E-state index contributed by atoms with van der Waals surface area (Å²) in [5.74, 6) is 0. The van der Waals surface area contributed by atoms with Crippen LogP contribution in [-0.4, -0.2) is 9.52 Å². The van der Waals surface area contributed by atoms with Crippen LogP contribution in [0.2, 0.25) is 12.1 Å². The summed E-state index contributed by atoms with van der Waals surface area (Å²) in [6.45, 7) is 4.58. The lowest BCUT2D eigenvalue weighted by Crippen LogP contribution is -1.88. The highest BCUT2D eigenvalue weighted by Crippen LogP contribution is 2.04. The van der Waals surface area contributed by atoms with E-state index in [0.29, 0.717) is 9.52 Å². The van der Waals surface area contributed by atoms with Gasteiger partial charge < -0.3 is 0 Å². The molecular formula is C10H24Si. The first-order chi connectivity index (χ1) is 5.41. The van der Waals surface area contributed by atoms with E-state index in [4.69, 9.17) is 0 Å². The third kappa shape index (κ3) is 10.2. The van der Waals surface area contributed by atoms with Crippen molar-refractivity contribution in [3.63, 3.8) is 0 Å². The maximum Gasteiger partial charge on any atom is 0.0197 e. The standard InChI is InChI=1S/C10H24Si/c1-3-5-7-9-11-10-8-6-4-2/h3-11H2,1-2H3. The lowest BCUT2D eigenvalue weighted by molar-refractivity contribution is 0.752. The second-order valence-electron chi connectivity index (χ2n) is 3.47. The van der Waals surface area contributed by atoms with Crippen molar-refractivity contribution in [1.82, 2.24) is 0 Å². The second-order valence-corrected chi connectivity index (χ2v) is 5.60. The monoisotopic (exact) mass is 172 g/mol. The zero-order valence-corrected chi connectivity index (χ0v) is 9.78. The quantitative estimate of drug-likeness (QED) is 0.389. The smallest absolute Gasteiger partial charge is 0.0197 e. The van der Waals surface area contributed by atoms with Gasteiger partial charge in [0.2, 0.25) is 0 Å². The molecule has 0 aliphatic rings. The van der Waals surface area contributed by atoms with E-state index in [1.165, 1.54) is 38.5 Å². The largest absolute Gasteiger partial charge is 0.0654 e.